The highest BCUT2D eigenvalue weighted by molar-refractivity contribution is 6.20. The molecule has 11 nitrogen and oxygen atoms in total. The molecule has 0 saturated heterocycles. The minimum Gasteiger partial charge on any atom is -0.493 e. The van der Waals surface area contributed by atoms with Crippen LogP contribution in [0.2, 0.25) is 0 Å². The monoisotopic (exact) mass is 719 g/mol. The van der Waals surface area contributed by atoms with Gasteiger partial charge >= 0.3 is 0 Å². The summed E-state index contributed by atoms with van der Waals surface area (Å²) in [5.41, 5.74) is 2.57. The zero-order valence-corrected chi connectivity index (χ0v) is 30.3. The second-order valence-electron chi connectivity index (χ2n) is 11.9. The Hall–Kier alpha value is -3.90. The molecule has 2 aromatic carbocycles. The van der Waals surface area contributed by atoms with Gasteiger partial charge in [-0.15, -0.1) is 37.2 Å². The van der Waals surface area contributed by atoms with Crippen molar-refractivity contribution in [1.82, 2.24) is 25.0 Å². The van der Waals surface area contributed by atoms with Crippen LogP contribution in [0.15, 0.2) is 67.0 Å². The first-order valence-electron chi connectivity index (χ1n) is 15.3. The van der Waals surface area contributed by atoms with E-state index >= 15 is 0 Å². The molecule has 0 atom stereocenters. The molecule has 260 valence electrons. The Labute approximate surface area is 300 Å². The largest absolute Gasteiger partial charge is 0.493 e. The van der Waals surface area contributed by atoms with Gasteiger partial charge in [0, 0.05) is 70.7 Å². The topological polar surface area (TPSA) is 115 Å². The van der Waals surface area contributed by atoms with Crippen molar-refractivity contribution in [3.05, 3.63) is 78.2 Å². The van der Waals surface area contributed by atoms with E-state index in [9.17, 15) is 14.4 Å². The third-order valence-electron chi connectivity index (χ3n) is 8.35. The summed E-state index contributed by atoms with van der Waals surface area (Å²) < 4.78 is 6.14. The average Bonchev–Trinajstić information content (AvgIpc) is 3.47. The summed E-state index contributed by atoms with van der Waals surface area (Å²) in [6, 6.07) is 17.1. The van der Waals surface area contributed by atoms with Gasteiger partial charge in [0.25, 0.3) is 5.91 Å². The van der Waals surface area contributed by atoms with Crippen molar-refractivity contribution in [2.24, 2.45) is 5.41 Å². The molecule has 14 heteroatoms. The van der Waals surface area contributed by atoms with Crippen LogP contribution in [-0.4, -0.2) is 89.6 Å². The molecule has 3 heterocycles. The summed E-state index contributed by atoms with van der Waals surface area (Å²) in [4.78, 5) is 50.9. The molecule has 0 fully saturated rings. The van der Waals surface area contributed by atoms with E-state index in [1.807, 2.05) is 61.5 Å². The molecule has 4 aromatic rings. The van der Waals surface area contributed by atoms with Crippen LogP contribution in [-0.2, 0) is 16.1 Å². The zero-order chi connectivity index (χ0) is 32.1. The summed E-state index contributed by atoms with van der Waals surface area (Å²) >= 11 is 0. The van der Waals surface area contributed by atoms with Crippen molar-refractivity contribution in [1.29, 1.82) is 0 Å². The van der Waals surface area contributed by atoms with Gasteiger partial charge in [-0.05, 0) is 63.1 Å². The predicted molar refractivity (Wildman–Crippen MR) is 196 cm³/mol. The lowest BCUT2D eigenvalue weighted by atomic mass is 9.90. The second kappa shape index (κ2) is 17.5. The van der Waals surface area contributed by atoms with Crippen LogP contribution in [0.3, 0.4) is 0 Å². The zero-order valence-electron chi connectivity index (χ0n) is 27.8. The van der Waals surface area contributed by atoms with Crippen molar-refractivity contribution >= 4 is 77.2 Å². The number of benzene rings is 2. The van der Waals surface area contributed by atoms with Gasteiger partial charge in [0.15, 0.2) is 5.69 Å². The lowest BCUT2D eigenvalue weighted by Crippen LogP contribution is -2.47. The van der Waals surface area contributed by atoms with Crippen LogP contribution in [0, 0.1) is 5.41 Å². The van der Waals surface area contributed by atoms with Gasteiger partial charge in [0.05, 0.1) is 23.5 Å². The number of para-hydroxylation sites is 1. The number of ether oxygens (including phenoxy) is 1. The molecular formula is C34H44Cl3N7O4. The van der Waals surface area contributed by atoms with Crippen LogP contribution in [0.25, 0.3) is 10.9 Å². The number of anilines is 2. The second-order valence-corrected chi connectivity index (χ2v) is 11.9. The summed E-state index contributed by atoms with van der Waals surface area (Å²) in [5, 5.41) is 8.02. The van der Waals surface area contributed by atoms with Crippen LogP contribution >= 0.6 is 37.2 Å². The lowest BCUT2D eigenvalue weighted by Gasteiger charge is -2.27. The first-order valence-corrected chi connectivity index (χ1v) is 15.3. The number of likely N-dealkylation sites (N-methyl/N-ethyl adjacent to an activating group) is 1. The van der Waals surface area contributed by atoms with E-state index in [0.717, 1.165) is 29.4 Å². The van der Waals surface area contributed by atoms with E-state index < -0.39 is 5.41 Å². The van der Waals surface area contributed by atoms with Crippen LogP contribution in [0.5, 0.6) is 5.75 Å². The molecule has 1 aliphatic heterocycles. The van der Waals surface area contributed by atoms with Gasteiger partial charge in [-0.3, -0.25) is 29.4 Å². The van der Waals surface area contributed by atoms with Gasteiger partial charge in [-0.25, -0.2) is 0 Å². The molecule has 0 aliphatic carbocycles. The maximum Gasteiger partial charge on any atom is 0.274 e. The Morgan fingerprint density at radius 2 is 1.65 bits per heavy atom. The number of hydrogen-bond acceptors (Lipinski definition) is 7. The number of nitrogens with zero attached hydrogens (tertiary/aromatic N) is 6. The quantitative estimate of drug-likeness (QED) is 0.149. The normalized spacial score (nSPS) is 13.6. The van der Waals surface area contributed by atoms with E-state index in [4.69, 9.17) is 4.74 Å². The van der Waals surface area contributed by atoms with Gasteiger partial charge in [-0.1, -0.05) is 18.2 Å². The minimum absolute atomic E-state index is 0. The van der Waals surface area contributed by atoms with Crippen molar-refractivity contribution in [3.8, 4) is 5.75 Å². The smallest absolute Gasteiger partial charge is 0.274 e. The third-order valence-corrected chi connectivity index (χ3v) is 8.35. The van der Waals surface area contributed by atoms with Crippen LogP contribution < -0.4 is 14.5 Å². The Morgan fingerprint density at radius 3 is 2.35 bits per heavy atom. The fourth-order valence-corrected chi connectivity index (χ4v) is 5.67. The van der Waals surface area contributed by atoms with Crippen molar-refractivity contribution in [3.63, 3.8) is 0 Å². The fraction of sp³-hybridized carbons (Fsp3) is 0.382. The predicted octanol–water partition coefficient (Wildman–Crippen LogP) is 5.62. The van der Waals surface area contributed by atoms with Crippen LogP contribution in [0.4, 0.5) is 11.4 Å². The number of carbonyl (C=O) groups excluding carboxylic acids is 3. The number of fused-ring (bicyclic) bond motifs is 2. The molecule has 0 saturated carbocycles. The number of amides is 3. The van der Waals surface area contributed by atoms with Crippen LogP contribution in [0.1, 0.15) is 43.2 Å². The average molecular weight is 721 g/mol. The molecule has 48 heavy (non-hydrogen) atoms. The molecular weight excluding hydrogens is 677 g/mol. The first-order chi connectivity index (χ1) is 21.6. The molecule has 0 unspecified atom stereocenters. The molecule has 0 radical (unpaired) electrons. The van der Waals surface area contributed by atoms with Gasteiger partial charge < -0.3 is 19.4 Å². The summed E-state index contributed by atoms with van der Waals surface area (Å²) in [5.74, 6) is 0.0398. The number of H-pyrrole nitrogens is 1. The maximum absolute atomic E-state index is 13.2. The van der Waals surface area contributed by atoms with E-state index in [1.165, 1.54) is 0 Å². The van der Waals surface area contributed by atoms with E-state index in [2.05, 4.69) is 20.1 Å². The minimum atomic E-state index is -1.16. The Morgan fingerprint density at radius 1 is 0.938 bits per heavy atom. The van der Waals surface area contributed by atoms with E-state index in [-0.39, 0.29) is 54.9 Å². The highest BCUT2D eigenvalue weighted by Gasteiger charge is 2.45. The van der Waals surface area contributed by atoms with Crippen molar-refractivity contribution in [2.45, 2.75) is 33.7 Å². The molecule has 2 aromatic heterocycles. The number of hydrogen-bond donors (Lipinski definition) is 1. The first kappa shape index (κ1) is 40.3. The number of carbonyl (C=O) groups is 3. The maximum atomic E-state index is 13.2. The molecule has 5 rings (SSSR count). The number of pyridine rings is 1. The summed E-state index contributed by atoms with van der Waals surface area (Å²) in [6.45, 7) is 8.80. The lowest BCUT2D eigenvalue weighted by molar-refractivity contribution is -0.137. The van der Waals surface area contributed by atoms with Crippen molar-refractivity contribution in [2.75, 3.05) is 56.7 Å². The number of nitrogens with one attached hydrogen (secondary N) is 1. The third kappa shape index (κ3) is 8.57. The SMILES string of the molecule is CCN1C(=O)C(C)(C)C(=O)N(C)c2cc(OCCCN(CCN(C)C(=O)c3n[nH]c4ccccc34)Cc3ccncc3)ccc21.Cl.Cl.Cl. The summed E-state index contributed by atoms with van der Waals surface area (Å²) in [7, 11) is 3.50. The van der Waals surface area contributed by atoms with Gasteiger partial charge in [0.1, 0.15) is 11.2 Å². The number of aromatic amines is 1. The van der Waals surface area contributed by atoms with Gasteiger partial charge in [0.2, 0.25) is 11.8 Å². The molecule has 1 N–H and O–H groups in total. The molecule has 1 aliphatic rings. The van der Waals surface area contributed by atoms with E-state index in [0.29, 0.717) is 55.6 Å². The standard InChI is InChI=1S/C34H41N7O4.3ClH/c1-6-41-28-13-12-25(22-29(28)39(5)32(43)34(2,3)33(41)44)45-21-9-18-40(23-24-14-16-35-17-15-24)20-19-38(4)31(42)30-26-10-7-8-11-27(26)36-37-30;;;/h7-8,10-17,22H,6,9,18-21,23H2,1-5H3,(H,36,37);3*1H. The highest BCUT2D eigenvalue weighted by atomic mass is 35.5. The number of halogens is 3. The molecule has 3 amide bonds. The summed E-state index contributed by atoms with van der Waals surface area (Å²) in [6.07, 6.45) is 4.30. The Balaban J connectivity index is 0.00000267. The van der Waals surface area contributed by atoms with E-state index in [1.54, 1.807) is 55.0 Å². The highest BCUT2D eigenvalue weighted by Crippen LogP contribution is 2.40. The molecule has 0 bridgehead atoms. The molecule has 0 spiro atoms. The van der Waals surface area contributed by atoms with Crippen molar-refractivity contribution < 1.29 is 19.1 Å². The Bertz CT molecular complexity index is 1690. The van der Waals surface area contributed by atoms with Gasteiger partial charge in [-0.2, -0.15) is 5.10 Å². The fourth-order valence-electron chi connectivity index (χ4n) is 5.67. The number of rotatable bonds is 12. The number of aromatic nitrogens is 3. The Kier molecular flexibility index (Phi) is 14.7.